The van der Waals surface area contributed by atoms with Crippen LogP contribution in [0.3, 0.4) is 0 Å². The lowest BCUT2D eigenvalue weighted by molar-refractivity contribution is -0.311. The van der Waals surface area contributed by atoms with Gasteiger partial charge in [0, 0.05) is 0 Å². The highest BCUT2D eigenvalue weighted by molar-refractivity contribution is 5.81. The van der Waals surface area contributed by atoms with Crippen LogP contribution in [0.1, 0.15) is 19.3 Å². The van der Waals surface area contributed by atoms with Crippen LogP contribution < -0.4 is 0 Å². The molecule has 0 aromatic heterocycles. The van der Waals surface area contributed by atoms with Gasteiger partial charge >= 0.3 is 12.1 Å². The zero-order valence-corrected chi connectivity index (χ0v) is 8.19. The number of halogens is 3. The second-order valence-electron chi connectivity index (χ2n) is 4.39. The zero-order chi connectivity index (χ0) is 11.3. The molecule has 6 heteroatoms. The highest BCUT2D eigenvalue weighted by Crippen LogP contribution is 2.69. The van der Waals surface area contributed by atoms with Gasteiger partial charge in [-0.15, -0.1) is 0 Å². The summed E-state index contributed by atoms with van der Waals surface area (Å²) in [7, 11) is 1.28. The summed E-state index contributed by atoms with van der Waals surface area (Å²) in [4.78, 5) is 11.2. The van der Waals surface area contributed by atoms with Crippen LogP contribution >= 0.6 is 0 Å². The Morgan fingerprint density at radius 3 is 2.27 bits per heavy atom. The Morgan fingerprint density at radius 1 is 1.33 bits per heavy atom. The number of carbonyl (C=O) groups is 1. The van der Waals surface area contributed by atoms with E-state index in [1.54, 1.807) is 0 Å². The van der Waals surface area contributed by atoms with Gasteiger partial charge in [-0.2, -0.15) is 13.2 Å². The molecule has 15 heavy (non-hydrogen) atoms. The molecule has 3 aliphatic rings. The van der Waals surface area contributed by atoms with Crippen molar-refractivity contribution in [3.8, 4) is 0 Å². The molecule has 3 aliphatic carbocycles. The molecule has 0 aromatic rings. The number of methoxy groups -OCH3 is 1. The van der Waals surface area contributed by atoms with E-state index in [0.29, 0.717) is 19.3 Å². The molecular formula is C9H11F3O3. The Morgan fingerprint density at radius 2 is 1.87 bits per heavy atom. The maximum atomic E-state index is 11.9. The van der Waals surface area contributed by atoms with Crippen LogP contribution in [0.25, 0.3) is 0 Å². The van der Waals surface area contributed by atoms with Crippen molar-refractivity contribution < 1.29 is 27.4 Å². The first kappa shape index (κ1) is 10.7. The Balaban J connectivity index is 1.81. The molecular weight excluding hydrogens is 213 g/mol. The zero-order valence-electron chi connectivity index (χ0n) is 8.19. The quantitative estimate of drug-likeness (QED) is 0.684. The third-order valence-corrected chi connectivity index (χ3v) is 3.14. The second-order valence-corrected chi connectivity index (χ2v) is 4.39. The number of hydrogen-bond acceptors (Lipinski definition) is 3. The Bertz CT molecular complexity index is 278. The van der Waals surface area contributed by atoms with Gasteiger partial charge in [-0.1, -0.05) is 0 Å². The van der Waals surface area contributed by atoms with Crippen molar-refractivity contribution in [1.82, 2.24) is 0 Å². The third-order valence-electron chi connectivity index (χ3n) is 3.14. The summed E-state index contributed by atoms with van der Waals surface area (Å²) in [6.07, 6.45) is -3.21. The third kappa shape index (κ3) is 1.60. The average molecular weight is 224 g/mol. The fraction of sp³-hybridized carbons (Fsp3) is 0.889. The normalized spacial score (nSPS) is 37.9. The first-order valence-electron chi connectivity index (χ1n) is 4.60. The first-order chi connectivity index (χ1) is 6.81. The van der Waals surface area contributed by atoms with Gasteiger partial charge in [0.25, 0.3) is 0 Å². The van der Waals surface area contributed by atoms with E-state index in [0.717, 1.165) is 0 Å². The van der Waals surface area contributed by atoms with Gasteiger partial charge in [-0.05, 0) is 19.3 Å². The summed E-state index contributed by atoms with van der Waals surface area (Å²) in [6, 6.07) is 0. The maximum absolute atomic E-state index is 11.9. The summed E-state index contributed by atoms with van der Waals surface area (Å²) in [5.41, 5.74) is -1.25. The lowest BCUT2D eigenvalue weighted by atomic mass is 9.41. The van der Waals surface area contributed by atoms with Gasteiger partial charge in [0.1, 0.15) is 6.61 Å². The van der Waals surface area contributed by atoms with Crippen molar-refractivity contribution in [2.24, 2.45) is 5.41 Å². The maximum Gasteiger partial charge on any atom is 0.411 e. The van der Waals surface area contributed by atoms with Crippen LogP contribution in [0.2, 0.25) is 0 Å². The van der Waals surface area contributed by atoms with Crippen LogP contribution in [0, 0.1) is 5.41 Å². The molecule has 0 aromatic carbocycles. The van der Waals surface area contributed by atoms with Crippen molar-refractivity contribution in [1.29, 1.82) is 0 Å². The molecule has 0 radical (unpaired) electrons. The van der Waals surface area contributed by atoms with E-state index in [2.05, 4.69) is 4.74 Å². The van der Waals surface area contributed by atoms with Crippen LogP contribution in [0.5, 0.6) is 0 Å². The molecule has 3 nitrogen and oxygen atoms in total. The van der Waals surface area contributed by atoms with Gasteiger partial charge in [-0.25, -0.2) is 0 Å². The van der Waals surface area contributed by atoms with E-state index in [9.17, 15) is 18.0 Å². The average Bonchev–Trinajstić information content (AvgIpc) is 1.96. The van der Waals surface area contributed by atoms with E-state index < -0.39 is 23.8 Å². The van der Waals surface area contributed by atoms with Crippen molar-refractivity contribution >= 4 is 5.97 Å². The minimum Gasteiger partial charge on any atom is -0.469 e. The van der Waals surface area contributed by atoms with E-state index in [-0.39, 0.29) is 5.97 Å². The van der Waals surface area contributed by atoms with Gasteiger partial charge < -0.3 is 9.47 Å². The molecule has 0 amide bonds. The molecule has 2 bridgehead atoms. The van der Waals surface area contributed by atoms with Gasteiger partial charge in [0.05, 0.1) is 18.1 Å². The minimum atomic E-state index is -4.30. The number of esters is 1. The molecule has 0 unspecified atom stereocenters. The Kier molecular flexibility index (Phi) is 2.05. The molecule has 0 N–H and O–H groups in total. The van der Waals surface area contributed by atoms with Crippen molar-refractivity contribution in [3.05, 3.63) is 0 Å². The number of alkyl halides is 3. The van der Waals surface area contributed by atoms with Gasteiger partial charge in [0.15, 0.2) is 0 Å². The summed E-state index contributed by atoms with van der Waals surface area (Å²) in [5, 5.41) is 0. The SMILES string of the molecule is COC(=O)C12CC(OCC(F)(F)F)(C1)C2. The summed E-state index contributed by atoms with van der Waals surface area (Å²) < 4.78 is 45.0. The largest absolute Gasteiger partial charge is 0.469 e. The summed E-state index contributed by atoms with van der Waals surface area (Å²) in [5.74, 6) is -0.333. The number of hydrogen-bond donors (Lipinski definition) is 0. The van der Waals surface area contributed by atoms with Crippen molar-refractivity contribution in [3.63, 3.8) is 0 Å². The molecule has 0 saturated heterocycles. The lowest BCUT2D eigenvalue weighted by Gasteiger charge is -2.67. The van der Waals surface area contributed by atoms with E-state index in [1.807, 2.05) is 0 Å². The fourth-order valence-corrected chi connectivity index (χ4v) is 2.52. The standard InChI is InChI=1S/C9H11F3O3/c1-14-6(13)7-2-8(3-7,4-7)15-5-9(10,11)12/h2-5H2,1H3. The predicted octanol–water partition coefficient (Wildman–Crippen LogP) is 1.66. The highest BCUT2D eigenvalue weighted by Gasteiger charge is 2.73. The van der Waals surface area contributed by atoms with E-state index in [4.69, 9.17) is 4.74 Å². The van der Waals surface area contributed by atoms with Gasteiger partial charge in [-0.3, -0.25) is 4.79 Å². The molecule has 3 saturated carbocycles. The van der Waals surface area contributed by atoms with Crippen molar-refractivity contribution in [2.45, 2.75) is 31.0 Å². The molecule has 0 spiro atoms. The van der Waals surface area contributed by atoms with E-state index in [1.165, 1.54) is 7.11 Å². The molecule has 0 heterocycles. The van der Waals surface area contributed by atoms with Crippen LogP contribution in [0.15, 0.2) is 0 Å². The summed E-state index contributed by atoms with van der Waals surface area (Å²) >= 11 is 0. The van der Waals surface area contributed by atoms with Crippen molar-refractivity contribution in [2.75, 3.05) is 13.7 Å². The summed E-state index contributed by atoms with van der Waals surface area (Å²) in [6.45, 7) is -1.23. The second kappa shape index (κ2) is 2.87. The smallest absolute Gasteiger partial charge is 0.411 e. The molecule has 86 valence electrons. The number of ether oxygens (including phenoxy) is 2. The fourth-order valence-electron chi connectivity index (χ4n) is 2.52. The molecule has 3 rings (SSSR count). The highest BCUT2D eigenvalue weighted by atomic mass is 19.4. The molecule has 0 atom stereocenters. The van der Waals surface area contributed by atoms with Crippen LogP contribution in [0.4, 0.5) is 13.2 Å². The topological polar surface area (TPSA) is 35.5 Å². The number of carbonyl (C=O) groups excluding carboxylic acids is 1. The molecule has 3 fully saturated rings. The minimum absolute atomic E-state index is 0.333. The molecule has 0 aliphatic heterocycles. The first-order valence-corrected chi connectivity index (χ1v) is 4.60. The monoisotopic (exact) mass is 224 g/mol. The Labute approximate surface area is 84.5 Å². The number of rotatable bonds is 3. The van der Waals surface area contributed by atoms with Crippen LogP contribution in [-0.2, 0) is 14.3 Å². The predicted molar refractivity (Wildman–Crippen MR) is 43.0 cm³/mol. The Hall–Kier alpha value is -0.780. The van der Waals surface area contributed by atoms with Crippen LogP contribution in [-0.4, -0.2) is 31.5 Å². The lowest BCUT2D eigenvalue weighted by Crippen LogP contribution is -2.71. The van der Waals surface area contributed by atoms with E-state index >= 15 is 0 Å². The van der Waals surface area contributed by atoms with Gasteiger partial charge in [0.2, 0.25) is 0 Å².